The minimum Gasteiger partial charge on any atom is -0.336 e. The zero-order valence-corrected chi connectivity index (χ0v) is 15.0. The van der Waals surface area contributed by atoms with E-state index in [-0.39, 0.29) is 10.8 Å². The lowest BCUT2D eigenvalue weighted by Crippen LogP contribution is -2.33. The summed E-state index contributed by atoms with van der Waals surface area (Å²) in [5.74, 6) is 0.703. The van der Waals surface area contributed by atoms with Crippen molar-refractivity contribution in [3.05, 3.63) is 29.3 Å². The normalized spacial score (nSPS) is 21.2. The van der Waals surface area contributed by atoms with E-state index in [9.17, 15) is 8.42 Å². The number of H-pyrrole nitrogens is 1. The highest BCUT2D eigenvalue weighted by Crippen LogP contribution is 2.29. The van der Waals surface area contributed by atoms with Crippen LogP contribution >= 0.6 is 0 Å². The highest BCUT2D eigenvalue weighted by Gasteiger charge is 2.27. The molecule has 2 aliphatic rings. The van der Waals surface area contributed by atoms with Crippen molar-refractivity contribution in [2.75, 3.05) is 30.8 Å². The van der Waals surface area contributed by atoms with Crippen LogP contribution in [0.3, 0.4) is 0 Å². The summed E-state index contributed by atoms with van der Waals surface area (Å²) in [6.45, 7) is 3.20. The molecule has 2 aromatic heterocycles. The van der Waals surface area contributed by atoms with Gasteiger partial charge in [0.15, 0.2) is 9.84 Å². The zero-order valence-electron chi connectivity index (χ0n) is 14.2. The summed E-state index contributed by atoms with van der Waals surface area (Å²) in [6.07, 6.45) is 7.36. The van der Waals surface area contributed by atoms with Crippen LogP contribution < -0.4 is 10.2 Å². The van der Waals surface area contributed by atoms with Gasteiger partial charge in [0.2, 0.25) is 5.95 Å². The predicted octanol–water partition coefficient (Wildman–Crippen LogP) is 0.633. The molecule has 0 bridgehead atoms. The highest BCUT2D eigenvalue weighted by atomic mass is 32.2. The summed E-state index contributed by atoms with van der Waals surface area (Å²) in [4.78, 5) is 11.4. The third-order valence-corrected chi connectivity index (χ3v) is 6.05. The van der Waals surface area contributed by atoms with Crippen molar-refractivity contribution in [1.82, 2.24) is 25.5 Å². The second kappa shape index (κ2) is 6.38. The second-order valence-corrected chi connectivity index (χ2v) is 8.76. The fourth-order valence-electron chi connectivity index (χ4n) is 3.58. The first kappa shape index (κ1) is 16.5. The molecule has 25 heavy (non-hydrogen) atoms. The van der Waals surface area contributed by atoms with Crippen molar-refractivity contribution in [2.45, 2.75) is 36.6 Å². The first-order valence-corrected chi connectivity index (χ1v) is 10.5. The second-order valence-electron chi connectivity index (χ2n) is 6.78. The third-order valence-electron chi connectivity index (χ3n) is 4.94. The predicted molar refractivity (Wildman–Crippen MR) is 93.3 cm³/mol. The molecule has 4 heterocycles. The van der Waals surface area contributed by atoms with E-state index in [1.165, 1.54) is 12.5 Å². The smallest absolute Gasteiger partial charge is 0.225 e. The maximum absolute atomic E-state index is 12.2. The average molecular weight is 362 g/mol. The van der Waals surface area contributed by atoms with E-state index >= 15 is 0 Å². The summed E-state index contributed by atoms with van der Waals surface area (Å²) in [7, 11) is -3.36. The molecular weight excluding hydrogens is 340 g/mol. The summed E-state index contributed by atoms with van der Waals surface area (Å²) >= 11 is 0. The fraction of sp³-hybridized carbons (Fsp3) is 0.562. The maximum atomic E-state index is 12.2. The van der Waals surface area contributed by atoms with Crippen LogP contribution in [-0.2, 0) is 22.8 Å². The SMILES string of the molecule is CS(=O)(=O)c1cnc(N2CCc3[nH]ncc3C2)nc1C1CCCNC1. The minimum absolute atomic E-state index is 0.106. The van der Waals surface area contributed by atoms with Gasteiger partial charge in [0, 0.05) is 49.5 Å². The Morgan fingerprint density at radius 1 is 1.32 bits per heavy atom. The standard InChI is InChI=1S/C16H22N6O2S/c1-25(23,24)14-9-18-16(20-15(14)11-3-2-5-17-7-11)22-6-4-13-12(10-22)8-19-21-13/h8-9,11,17H,2-7,10H2,1H3,(H,19,21). The molecule has 1 unspecified atom stereocenters. The van der Waals surface area contributed by atoms with Gasteiger partial charge in [0.25, 0.3) is 0 Å². The summed E-state index contributed by atoms with van der Waals surface area (Å²) in [5, 5.41) is 10.4. The number of nitrogens with zero attached hydrogens (tertiary/aromatic N) is 4. The maximum Gasteiger partial charge on any atom is 0.225 e. The Labute approximate surface area is 147 Å². The van der Waals surface area contributed by atoms with Crippen molar-refractivity contribution in [3.63, 3.8) is 0 Å². The van der Waals surface area contributed by atoms with Gasteiger partial charge in [0.05, 0.1) is 18.1 Å². The summed E-state index contributed by atoms with van der Waals surface area (Å²) in [5.41, 5.74) is 2.95. The molecule has 134 valence electrons. The monoisotopic (exact) mass is 362 g/mol. The van der Waals surface area contributed by atoms with Gasteiger partial charge in [-0.15, -0.1) is 0 Å². The number of sulfone groups is 1. The van der Waals surface area contributed by atoms with E-state index in [0.717, 1.165) is 50.2 Å². The Hall–Kier alpha value is -2.00. The Kier molecular flexibility index (Phi) is 4.20. The van der Waals surface area contributed by atoms with Crippen LogP contribution in [-0.4, -0.2) is 54.5 Å². The molecule has 0 amide bonds. The Bertz CT molecular complexity index is 873. The number of rotatable bonds is 3. The first-order valence-electron chi connectivity index (χ1n) is 8.56. The number of hydrogen-bond donors (Lipinski definition) is 2. The molecule has 9 heteroatoms. The molecule has 0 aromatic carbocycles. The van der Waals surface area contributed by atoms with E-state index in [4.69, 9.17) is 4.98 Å². The van der Waals surface area contributed by atoms with E-state index < -0.39 is 9.84 Å². The fourth-order valence-corrected chi connectivity index (χ4v) is 4.42. The molecule has 0 saturated carbocycles. The van der Waals surface area contributed by atoms with Gasteiger partial charge in [-0.05, 0) is 19.4 Å². The highest BCUT2D eigenvalue weighted by molar-refractivity contribution is 7.90. The van der Waals surface area contributed by atoms with Crippen LogP contribution in [0.25, 0.3) is 0 Å². The lowest BCUT2D eigenvalue weighted by molar-refractivity contribution is 0.447. The average Bonchev–Trinajstić information content (AvgIpc) is 3.09. The lowest BCUT2D eigenvalue weighted by atomic mass is 9.96. The van der Waals surface area contributed by atoms with Crippen LogP contribution in [0.15, 0.2) is 17.3 Å². The molecule has 2 aliphatic heterocycles. The molecule has 1 fully saturated rings. The first-order chi connectivity index (χ1) is 12.0. The molecule has 0 radical (unpaired) electrons. The van der Waals surface area contributed by atoms with E-state index in [2.05, 4.69) is 25.4 Å². The molecule has 2 N–H and O–H groups in total. The molecule has 0 aliphatic carbocycles. The van der Waals surface area contributed by atoms with Gasteiger partial charge in [0.1, 0.15) is 4.90 Å². The van der Waals surface area contributed by atoms with Gasteiger partial charge >= 0.3 is 0 Å². The summed E-state index contributed by atoms with van der Waals surface area (Å²) < 4.78 is 24.4. The number of hydrogen-bond acceptors (Lipinski definition) is 7. The van der Waals surface area contributed by atoms with E-state index in [0.29, 0.717) is 18.2 Å². The van der Waals surface area contributed by atoms with Crippen molar-refractivity contribution in [2.24, 2.45) is 0 Å². The molecule has 0 spiro atoms. The van der Waals surface area contributed by atoms with Gasteiger partial charge in [-0.2, -0.15) is 5.10 Å². The van der Waals surface area contributed by atoms with Crippen molar-refractivity contribution in [1.29, 1.82) is 0 Å². The van der Waals surface area contributed by atoms with Crippen molar-refractivity contribution >= 4 is 15.8 Å². The largest absolute Gasteiger partial charge is 0.336 e. The molecule has 1 atom stereocenters. The number of nitrogens with one attached hydrogen (secondary N) is 2. The van der Waals surface area contributed by atoms with Crippen LogP contribution in [0.1, 0.15) is 35.7 Å². The van der Waals surface area contributed by atoms with Gasteiger partial charge in [-0.1, -0.05) is 0 Å². The van der Waals surface area contributed by atoms with Crippen LogP contribution in [0.5, 0.6) is 0 Å². The quantitative estimate of drug-likeness (QED) is 0.825. The molecular formula is C16H22N6O2S. The van der Waals surface area contributed by atoms with E-state index in [1.54, 1.807) is 0 Å². The Morgan fingerprint density at radius 3 is 2.96 bits per heavy atom. The number of anilines is 1. The van der Waals surface area contributed by atoms with Gasteiger partial charge in [-0.25, -0.2) is 18.4 Å². The topological polar surface area (TPSA) is 104 Å². The van der Waals surface area contributed by atoms with Gasteiger partial charge < -0.3 is 10.2 Å². The number of piperidine rings is 1. The molecule has 4 rings (SSSR count). The summed E-state index contributed by atoms with van der Waals surface area (Å²) in [6, 6.07) is 0. The number of aromatic nitrogens is 4. The van der Waals surface area contributed by atoms with Gasteiger partial charge in [-0.3, -0.25) is 5.10 Å². The Morgan fingerprint density at radius 2 is 2.20 bits per heavy atom. The zero-order chi connectivity index (χ0) is 17.4. The minimum atomic E-state index is -3.36. The Balaban J connectivity index is 1.70. The molecule has 2 aromatic rings. The van der Waals surface area contributed by atoms with Crippen molar-refractivity contribution in [3.8, 4) is 0 Å². The van der Waals surface area contributed by atoms with E-state index in [1.807, 2.05) is 6.20 Å². The number of aromatic amines is 1. The third kappa shape index (κ3) is 3.25. The van der Waals surface area contributed by atoms with Crippen LogP contribution in [0.4, 0.5) is 5.95 Å². The lowest BCUT2D eigenvalue weighted by Gasteiger charge is -2.29. The number of fused-ring (bicyclic) bond motifs is 1. The molecule has 1 saturated heterocycles. The molecule has 8 nitrogen and oxygen atoms in total. The van der Waals surface area contributed by atoms with Crippen molar-refractivity contribution < 1.29 is 8.42 Å². The van der Waals surface area contributed by atoms with Crippen LogP contribution in [0, 0.1) is 0 Å². The van der Waals surface area contributed by atoms with Crippen LogP contribution in [0.2, 0.25) is 0 Å².